The van der Waals surface area contributed by atoms with E-state index in [0.29, 0.717) is 28.5 Å². The second-order valence-electron chi connectivity index (χ2n) is 7.43. The number of ether oxygens (including phenoxy) is 1. The number of nitrogens with zero attached hydrogens (tertiary/aromatic N) is 4. The van der Waals surface area contributed by atoms with Crippen LogP contribution < -0.4 is 15.4 Å². The minimum Gasteiger partial charge on any atom is -0.490 e. The largest absolute Gasteiger partial charge is 0.490 e. The van der Waals surface area contributed by atoms with Crippen molar-refractivity contribution in [3.8, 4) is 17.0 Å². The lowest BCUT2D eigenvalue weighted by molar-refractivity contribution is -0.114. The molecule has 0 unspecified atom stereocenters. The number of rotatable bonds is 8. The fourth-order valence-electron chi connectivity index (χ4n) is 2.83. The SMILES string of the molecule is CC[C@H](C)Oc1cc(Nc2cc(NC(C)=O)ncc2-c2ccn(C)n2)nc(S(C)(=O)=O)c1. The molecule has 0 spiro atoms. The number of hydrogen-bond acceptors (Lipinski definition) is 8. The van der Waals surface area contributed by atoms with Gasteiger partial charge in [0.2, 0.25) is 5.91 Å². The third-order valence-corrected chi connectivity index (χ3v) is 5.50. The van der Waals surface area contributed by atoms with Gasteiger partial charge >= 0.3 is 0 Å². The van der Waals surface area contributed by atoms with Gasteiger partial charge in [-0.1, -0.05) is 6.92 Å². The van der Waals surface area contributed by atoms with Crippen molar-refractivity contribution in [1.82, 2.24) is 19.7 Å². The van der Waals surface area contributed by atoms with Crippen molar-refractivity contribution < 1.29 is 17.9 Å². The first kappa shape index (κ1) is 23.2. The number of hydrogen-bond donors (Lipinski definition) is 2. The molecule has 0 aliphatic carbocycles. The van der Waals surface area contributed by atoms with Crippen LogP contribution in [0, 0.1) is 0 Å². The molecule has 0 fully saturated rings. The number of sulfone groups is 1. The molecule has 170 valence electrons. The highest BCUT2D eigenvalue weighted by Crippen LogP contribution is 2.32. The Kier molecular flexibility index (Phi) is 6.78. The summed E-state index contributed by atoms with van der Waals surface area (Å²) in [6, 6.07) is 6.48. The lowest BCUT2D eigenvalue weighted by Gasteiger charge is -2.16. The Balaban J connectivity index is 2.09. The van der Waals surface area contributed by atoms with E-state index in [2.05, 4.69) is 25.7 Å². The van der Waals surface area contributed by atoms with Crippen LogP contribution >= 0.6 is 0 Å². The Morgan fingerprint density at radius 1 is 1.25 bits per heavy atom. The molecule has 0 saturated heterocycles. The van der Waals surface area contributed by atoms with Crippen molar-refractivity contribution in [2.24, 2.45) is 7.05 Å². The summed E-state index contributed by atoms with van der Waals surface area (Å²) < 4.78 is 31.9. The van der Waals surface area contributed by atoms with Crippen LogP contribution in [0.25, 0.3) is 11.3 Å². The Hall–Kier alpha value is -3.47. The molecule has 0 aliphatic heterocycles. The molecule has 0 saturated carbocycles. The summed E-state index contributed by atoms with van der Waals surface area (Å²) in [7, 11) is -1.78. The van der Waals surface area contributed by atoms with Crippen LogP contribution in [-0.4, -0.2) is 46.4 Å². The average Bonchev–Trinajstić information content (AvgIpc) is 3.13. The van der Waals surface area contributed by atoms with Gasteiger partial charge < -0.3 is 15.4 Å². The number of pyridine rings is 2. The highest BCUT2D eigenvalue weighted by Gasteiger charge is 2.17. The number of carbonyl (C=O) groups excluding carboxylic acids is 1. The standard InChI is InChI=1S/C21H26N6O4S/c1-6-13(2)31-15-9-20(25-21(10-15)32(5,29)30)24-18-11-19(23-14(3)28)22-12-16(18)17-7-8-27(4)26-17/h7-13H,6H2,1-5H3,(H2,22,23,24,25,28)/t13-/m0/s1. The zero-order chi connectivity index (χ0) is 23.5. The third kappa shape index (κ3) is 5.82. The minimum absolute atomic E-state index is 0.103. The Labute approximate surface area is 187 Å². The zero-order valence-electron chi connectivity index (χ0n) is 18.6. The maximum atomic E-state index is 12.2. The van der Waals surface area contributed by atoms with E-state index in [1.54, 1.807) is 36.3 Å². The molecule has 3 aromatic rings. The molecule has 3 heterocycles. The molecular formula is C21H26N6O4S. The molecular weight excluding hydrogens is 432 g/mol. The number of aromatic nitrogens is 4. The van der Waals surface area contributed by atoms with E-state index < -0.39 is 9.84 Å². The predicted molar refractivity (Wildman–Crippen MR) is 122 cm³/mol. The van der Waals surface area contributed by atoms with Gasteiger partial charge in [-0.05, 0) is 19.4 Å². The number of amides is 1. The smallest absolute Gasteiger partial charge is 0.222 e. The third-order valence-electron chi connectivity index (χ3n) is 4.53. The molecule has 32 heavy (non-hydrogen) atoms. The molecule has 1 atom stereocenters. The van der Waals surface area contributed by atoms with Crippen LogP contribution in [0.2, 0.25) is 0 Å². The molecule has 2 N–H and O–H groups in total. The second-order valence-corrected chi connectivity index (χ2v) is 9.39. The molecule has 0 bridgehead atoms. The first-order valence-electron chi connectivity index (χ1n) is 9.98. The molecule has 10 nitrogen and oxygen atoms in total. The molecule has 11 heteroatoms. The van der Waals surface area contributed by atoms with Gasteiger partial charge in [0.05, 0.1) is 17.5 Å². The maximum Gasteiger partial charge on any atom is 0.222 e. The highest BCUT2D eigenvalue weighted by atomic mass is 32.2. The number of carbonyl (C=O) groups is 1. The minimum atomic E-state index is -3.58. The second kappa shape index (κ2) is 9.35. The van der Waals surface area contributed by atoms with E-state index in [4.69, 9.17) is 4.74 Å². The van der Waals surface area contributed by atoms with Crippen molar-refractivity contribution in [3.05, 3.63) is 36.7 Å². The van der Waals surface area contributed by atoms with Gasteiger partial charge in [-0.15, -0.1) is 0 Å². The quantitative estimate of drug-likeness (QED) is 0.527. The van der Waals surface area contributed by atoms with Crippen LogP contribution in [0.5, 0.6) is 5.75 Å². The van der Waals surface area contributed by atoms with Gasteiger partial charge in [-0.3, -0.25) is 9.48 Å². The fraction of sp³-hybridized carbons (Fsp3) is 0.333. The van der Waals surface area contributed by atoms with E-state index in [1.807, 2.05) is 19.9 Å². The van der Waals surface area contributed by atoms with Crippen molar-refractivity contribution in [1.29, 1.82) is 0 Å². The number of anilines is 3. The van der Waals surface area contributed by atoms with Crippen LogP contribution in [0.4, 0.5) is 17.3 Å². The summed E-state index contributed by atoms with van der Waals surface area (Å²) >= 11 is 0. The van der Waals surface area contributed by atoms with Crippen LogP contribution in [-0.2, 0) is 21.7 Å². The normalized spacial score (nSPS) is 12.3. The van der Waals surface area contributed by atoms with E-state index in [-0.39, 0.29) is 22.9 Å². The summed E-state index contributed by atoms with van der Waals surface area (Å²) in [6.45, 7) is 5.26. The van der Waals surface area contributed by atoms with E-state index in [0.717, 1.165) is 12.7 Å². The highest BCUT2D eigenvalue weighted by molar-refractivity contribution is 7.90. The van der Waals surface area contributed by atoms with Crippen LogP contribution in [0.15, 0.2) is 41.7 Å². The zero-order valence-corrected chi connectivity index (χ0v) is 19.4. The molecule has 0 aliphatic rings. The van der Waals surface area contributed by atoms with Gasteiger partial charge in [0, 0.05) is 56.4 Å². The predicted octanol–water partition coefficient (Wildman–Crippen LogP) is 3.16. The van der Waals surface area contributed by atoms with Gasteiger partial charge in [-0.25, -0.2) is 18.4 Å². The first-order chi connectivity index (χ1) is 15.0. The summed E-state index contributed by atoms with van der Waals surface area (Å²) in [5.41, 5.74) is 1.83. The summed E-state index contributed by atoms with van der Waals surface area (Å²) in [5.74, 6) is 0.710. The molecule has 3 aromatic heterocycles. The van der Waals surface area contributed by atoms with Gasteiger partial charge in [0.25, 0.3) is 0 Å². The lowest BCUT2D eigenvalue weighted by Crippen LogP contribution is -2.12. The average molecular weight is 459 g/mol. The monoisotopic (exact) mass is 458 g/mol. The van der Waals surface area contributed by atoms with Crippen LogP contribution in [0.3, 0.4) is 0 Å². The lowest BCUT2D eigenvalue weighted by atomic mass is 10.1. The van der Waals surface area contributed by atoms with Crippen molar-refractivity contribution in [2.75, 3.05) is 16.9 Å². The van der Waals surface area contributed by atoms with E-state index in [9.17, 15) is 13.2 Å². The number of aryl methyl sites for hydroxylation is 1. The summed E-state index contributed by atoms with van der Waals surface area (Å²) in [6.07, 6.45) is 5.11. The van der Waals surface area contributed by atoms with Gasteiger partial charge in [0.15, 0.2) is 14.9 Å². The number of nitrogens with one attached hydrogen (secondary N) is 2. The molecule has 1 amide bonds. The first-order valence-corrected chi connectivity index (χ1v) is 11.9. The van der Waals surface area contributed by atoms with Crippen molar-refractivity contribution in [3.63, 3.8) is 0 Å². The molecule has 0 aromatic carbocycles. The fourth-order valence-corrected chi connectivity index (χ4v) is 3.42. The summed E-state index contributed by atoms with van der Waals surface area (Å²) in [4.78, 5) is 20.0. The van der Waals surface area contributed by atoms with Crippen LogP contribution in [0.1, 0.15) is 27.2 Å². The maximum absolute atomic E-state index is 12.2. The van der Waals surface area contributed by atoms with Crippen molar-refractivity contribution >= 4 is 33.1 Å². The molecule has 0 radical (unpaired) electrons. The Morgan fingerprint density at radius 2 is 2.00 bits per heavy atom. The topological polar surface area (TPSA) is 128 Å². The Morgan fingerprint density at radius 3 is 2.59 bits per heavy atom. The van der Waals surface area contributed by atoms with Gasteiger partial charge in [-0.2, -0.15) is 5.10 Å². The summed E-state index contributed by atoms with van der Waals surface area (Å²) in [5, 5.41) is 10.1. The Bertz CT molecular complexity index is 1240. The van der Waals surface area contributed by atoms with Crippen molar-refractivity contribution in [2.45, 2.75) is 38.3 Å². The van der Waals surface area contributed by atoms with E-state index in [1.165, 1.54) is 13.0 Å². The van der Waals surface area contributed by atoms with Gasteiger partial charge in [0.1, 0.15) is 17.4 Å². The molecule has 3 rings (SSSR count). The van der Waals surface area contributed by atoms with E-state index >= 15 is 0 Å².